The second-order valence-corrected chi connectivity index (χ2v) is 8.64. The lowest BCUT2D eigenvalue weighted by molar-refractivity contribution is -0.0211. The molecule has 0 aromatic carbocycles. The largest absolute Gasteiger partial charge is 0.376 e. The molecular formula is C21H27N5O3. The highest BCUT2D eigenvalue weighted by molar-refractivity contribution is 5.94. The van der Waals surface area contributed by atoms with E-state index in [1.807, 2.05) is 6.07 Å². The molecule has 0 radical (unpaired) electrons. The Hall–Kier alpha value is -2.48. The van der Waals surface area contributed by atoms with E-state index in [1.165, 1.54) is 19.0 Å². The molecule has 3 fully saturated rings. The van der Waals surface area contributed by atoms with E-state index in [0.717, 1.165) is 38.5 Å². The van der Waals surface area contributed by atoms with Gasteiger partial charge in [-0.2, -0.15) is 0 Å². The van der Waals surface area contributed by atoms with Gasteiger partial charge in [0.25, 0.3) is 5.91 Å². The molecule has 3 heterocycles. The average Bonchev–Trinajstić information content (AvgIpc) is 3.31. The highest BCUT2D eigenvalue weighted by Gasteiger charge is 2.44. The smallest absolute Gasteiger partial charge is 0.256 e. The summed E-state index contributed by atoms with van der Waals surface area (Å²) in [6, 6.07) is 1.83. The standard InChI is InChI=1S/C21H27N5O3/c1-13-17(9-24-29-13)20(27)25-18-7-15-10-26(21-22-5-2-6-23-21)11-16(15)8-19(18)28-12-14-3-4-14/h2,5-6,9,14-16,18-19H,3-4,7-8,10-12H2,1H3,(H,25,27)/t15-,16+,18-,19-/m0/s1. The summed E-state index contributed by atoms with van der Waals surface area (Å²) in [4.78, 5) is 23.9. The van der Waals surface area contributed by atoms with Crippen LogP contribution in [0.3, 0.4) is 0 Å². The van der Waals surface area contributed by atoms with Crippen LogP contribution in [0, 0.1) is 24.7 Å². The number of carbonyl (C=O) groups excluding carboxylic acids is 1. The van der Waals surface area contributed by atoms with Gasteiger partial charge in [0, 0.05) is 32.1 Å². The third-order valence-electron chi connectivity index (χ3n) is 6.51. The van der Waals surface area contributed by atoms with Gasteiger partial charge < -0.3 is 19.5 Å². The van der Waals surface area contributed by atoms with Crippen LogP contribution in [0.25, 0.3) is 0 Å². The van der Waals surface area contributed by atoms with E-state index in [2.05, 4.69) is 25.3 Å². The van der Waals surface area contributed by atoms with Crippen LogP contribution in [0.5, 0.6) is 0 Å². The summed E-state index contributed by atoms with van der Waals surface area (Å²) in [5.41, 5.74) is 0.499. The Bertz CT molecular complexity index is 853. The Morgan fingerprint density at radius 3 is 2.69 bits per heavy atom. The molecule has 2 aliphatic carbocycles. The van der Waals surface area contributed by atoms with E-state index in [1.54, 1.807) is 19.3 Å². The van der Waals surface area contributed by atoms with Gasteiger partial charge in [-0.25, -0.2) is 9.97 Å². The molecule has 0 bridgehead atoms. The molecule has 29 heavy (non-hydrogen) atoms. The first-order valence-electron chi connectivity index (χ1n) is 10.5. The third kappa shape index (κ3) is 3.99. The van der Waals surface area contributed by atoms with Crippen LogP contribution in [-0.4, -0.2) is 52.9 Å². The van der Waals surface area contributed by atoms with Gasteiger partial charge >= 0.3 is 0 Å². The van der Waals surface area contributed by atoms with Crippen molar-refractivity contribution in [1.29, 1.82) is 0 Å². The number of aromatic nitrogens is 3. The molecule has 5 rings (SSSR count). The van der Waals surface area contributed by atoms with Crippen molar-refractivity contribution < 1.29 is 14.1 Å². The summed E-state index contributed by atoms with van der Waals surface area (Å²) in [6.45, 7) is 4.42. The number of fused-ring (bicyclic) bond motifs is 1. The lowest BCUT2D eigenvalue weighted by Gasteiger charge is -2.38. The van der Waals surface area contributed by atoms with E-state index >= 15 is 0 Å². The maximum Gasteiger partial charge on any atom is 0.256 e. The van der Waals surface area contributed by atoms with Crippen molar-refractivity contribution in [1.82, 2.24) is 20.4 Å². The lowest BCUT2D eigenvalue weighted by Crippen LogP contribution is -2.50. The molecule has 2 aromatic rings. The number of ether oxygens (including phenoxy) is 1. The van der Waals surface area contributed by atoms with Gasteiger partial charge in [0.1, 0.15) is 11.3 Å². The van der Waals surface area contributed by atoms with Crippen LogP contribution in [-0.2, 0) is 4.74 Å². The van der Waals surface area contributed by atoms with Crippen LogP contribution in [0.4, 0.5) is 5.95 Å². The van der Waals surface area contributed by atoms with Crippen LogP contribution in [0.15, 0.2) is 29.2 Å². The number of hydrogen-bond donors (Lipinski definition) is 1. The van der Waals surface area contributed by atoms with Crippen molar-refractivity contribution in [3.05, 3.63) is 36.0 Å². The second-order valence-electron chi connectivity index (χ2n) is 8.64. The summed E-state index contributed by atoms with van der Waals surface area (Å²) in [5, 5.41) is 6.94. The Kier molecular flexibility index (Phi) is 4.95. The monoisotopic (exact) mass is 397 g/mol. The highest BCUT2D eigenvalue weighted by Crippen LogP contribution is 2.39. The van der Waals surface area contributed by atoms with Crippen molar-refractivity contribution >= 4 is 11.9 Å². The molecule has 2 saturated carbocycles. The first-order chi connectivity index (χ1) is 14.2. The van der Waals surface area contributed by atoms with E-state index in [4.69, 9.17) is 9.26 Å². The van der Waals surface area contributed by atoms with Gasteiger partial charge in [0.05, 0.1) is 18.3 Å². The van der Waals surface area contributed by atoms with Gasteiger partial charge in [0.2, 0.25) is 5.95 Å². The van der Waals surface area contributed by atoms with Gasteiger partial charge in [-0.15, -0.1) is 0 Å². The molecule has 154 valence electrons. The van der Waals surface area contributed by atoms with Crippen LogP contribution in [0.1, 0.15) is 41.8 Å². The summed E-state index contributed by atoms with van der Waals surface area (Å²) in [5.74, 6) is 2.93. The molecule has 8 heteroatoms. The van der Waals surface area contributed by atoms with Gasteiger partial charge in [-0.05, 0) is 56.4 Å². The van der Waals surface area contributed by atoms with Gasteiger partial charge in [0.15, 0.2) is 0 Å². The molecular weight excluding hydrogens is 370 g/mol. The number of carbonyl (C=O) groups is 1. The summed E-state index contributed by atoms with van der Waals surface area (Å²) in [7, 11) is 0. The molecule has 1 amide bonds. The minimum absolute atomic E-state index is 0.00607. The number of hydrogen-bond acceptors (Lipinski definition) is 7. The van der Waals surface area contributed by atoms with Crippen LogP contribution >= 0.6 is 0 Å². The number of nitrogens with zero attached hydrogens (tertiary/aromatic N) is 4. The first-order valence-corrected chi connectivity index (χ1v) is 10.5. The molecule has 1 saturated heterocycles. The first kappa shape index (κ1) is 18.5. The number of aryl methyl sites for hydroxylation is 1. The number of nitrogens with one attached hydrogen (secondary N) is 1. The molecule has 2 aromatic heterocycles. The molecule has 0 unspecified atom stereocenters. The van der Waals surface area contributed by atoms with Crippen molar-refractivity contribution in [3.63, 3.8) is 0 Å². The van der Waals surface area contributed by atoms with Gasteiger partial charge in [-0.1, -0.05) is 5.16 Å². The fourth-order valence-corrected chi connectivity index (χ4v) is 4.67. The molecule has 0 spiro atoms. The minimum Gasteiger partial charge on any atom is -0.376 e. The molecule has 4 atom stereocenters. The van der Waals surface area contributed by atoms with Crippen molar-refractivity contribution in [3.8, 4) is 0 Å². The number of amides is 1. The normalized spacial score (nSPS) is 28.9. The van der Waals surface area contributed by atoms with E-state index in [-0.39, 0.29) is 18.1 Å². The van der Waals surface area contributed by atoms with Crippen LogP contribution in [0.2, 0.25) is 0 Å². The van der Waals surface area contributed by atoms with E-state index < -0.39 is 0 Å². The summed E-state index contributed by atoms with van der Waals surface area (Å²) < 4.78 is 11.4. The Labute approximate surface area is 170 Å². The highest BCUT2D eigenvalue weighted by atomic mass is 16.5. The quantitative estimate of drug-likeness (QED) is 0.799. The third-order valence-corrected chi connectivity index (χ3v) is 6.51. The van der Waals surface area contributed by atoms with Crippen molar-refractivity contribution in [2.24, 2.45) is 17.8 Å². The SMILES string of the molecule is Cc1oncc1C(=O)N[C@H]1C[C@H]2CN(c3ncccn3)C[C@H]2C[C@@H]1OCC1CC1. The fraction of sp³-hybridized carbons (Fsp3) is 0.619. The number of rotatable bonds is 6. The van der Waals surface area contributed by atoms with Crippen LogP contribution < -0.4 is 10.2 Å². The predicted octanol–water partition coefficient (Wildman–Crippen LogP) is 2.21. The van der Waals surface area contributed by atoms with E-state index in [9.17, 15) is 4.79 Å². The molecule has 1 aliphatic heterocycles. The second kappa shape index (κ2) is 7.74. The van der Waals surface area contributed by atoms with Crippen molar-refractivity contribution in [2.75, 3.05) is 24.6 Å². The van der Waals surface area contributed by atoms with E-state index in [0.29, 0.717) is 29.1 Å². The Morgan fingerprint density at radius 2 is 2.00 bits per heavy atom. The zero-order chi connectivity index (χ0) is 19.8. The van der Waals surface area contributed by atoms with Crippen molar-refractivity contribution in [2.45, 2.75) is 44.8 Å². The Balaban J connectivity index is 1.29. The zero-order valence-electron chi connectivity index (χ0n) is 16.7. The molecule has 3 aliphatic rings. The Morgan fingerprint density at radius 1 is 1.24 bits per heavy atom. The number of anilines is 1. The topological polar surface area (TPSA) is 93.4 Å². The predicted molar refractivity (Wildman–Crippen MR) is 105 cm³/mol. The lowest BCUT2D eigenvalue weighted by atomic mass is 9.77. The summed E-state index contributed by atoms with van der Waals surface area (Å²) >= 11 is 0. The molecule has 1 N–H and O–H groups in total. The minimum atomic E-state index is -0.131. The fourth-order valence-electron chi connectivity index (χ4n) is 4.67. The molecule has 8 nitrogen and oxygen atoms in total. The summed E-state index contributed by atoms with van der Waals surface area (Å²) in [6.07, 6.45) is 9.47. The maximum absolute atomic E-state index is 12.8. The van der Waals surface area contributed by atoms with Gasteiger partial charge in [-0.3, -0.25) is 4.79 Å². The zero-order valence-corrected chi connectivity index (χ0v) is 16.7. The average molecular weight is 397 g/mol. The maximum atomic E-state index is 12.8.